The molecule has 1 amide bonds. The first-order valence-corrected chi connectivity index (χ1v) is 11.0. The Morgan fingerprint density at radius 2 is 1.70 bits per heavy atom. The van der Waals surface area contributed by atoms with Crippen molar-refractivity contribution in [2.75, 3.05) is 31.1 Å². The zero-order valence-electron chi connectivity index (χ0n) is 16.9. The zero-order chi connectivity index (χ0) is 20.9. The smallest absolute Gasteiger partial charge is 0.223 e. The molecule has 30 heavy (non-hydrogen) atoms. The fourth-order valence-corrected chi connectivity index (χ4v) is 4.35. The summed E-state index contributed by atoms with van der Waals surface area (Å²) in [5.41, 5.74) is 1.12. The molecule has 8 heteroatoms. The molecule has 1 N–H and O–H groups in total. The first-order chi connectivity index (χ1) is 14.6. The monoisotopic (exact) mass is 431 g/mol. The second kappa shape index (κ2) is 9.71. The van der Waals surface area contributed by atoms with Crippen molar-refractivity contribution in [2.45, 2.75) is 38.3 Å². The van der Waals surface area contributed by atoms with Gasteiger partial charge in [0.2, 0.25) is 5.91 Å². The molecule has 2 saturated heterocycles. The van der Waals surface area contributed by atoms with Gasteiger partial charge in [-0.25, -0.2) is 4.39 Å². The van der Waals surface area contributed by atoms with E-state index in [4.69, 9.17) is 11.6 Å². The Morgan fingerprint density at radius 3 is 2.33 bits per heavy atom. The molecule has 0 unspecified atom stereocenters. The average Bonchev–Trinajstić information content (AvgIpc) is 2.77. The van der Waals surface area contributed by atoms with E-state index in [-0.39, 0.29) is 23.7 Å². The molecule has 0 saturated carbocycles. The molecular formula is C22H27ClFN5O. The number of benzene rings is 1. The van der Waals surface area contributed by atoms with Gasteiger partial charge < -0.3 is 10.2 Å². The maximum atomic E-state index is 13.0. The molecule has 0 atom stereocenters. The summed E-state index contributed by atoms with van der Waals surface area (Å²) in [4.78, 5) is 17.3. The molecule has 2 fully saturated rings. The summed E-state index contributed by atoms with van der Waals surface area (Å²) in [6.45, 7) is 4.30. The van der Waals surface area contributed by atoms with Crippen LogP contribution < -0.4 is 10.2 Å². The summed E-state index contributed by atoms with van der Waals surface area (Å²) >= 11 is 5.80. The molecule has 2 aromatic rings. The fourth-order valence-electron chi connectivity index (χ4n) is 4.25. The highest BCUT2D eigenvalue weighted by molar-refractivity contribution is 6.29. The van der Waals surface area contributed by atoms with Crippen LogP contribution in [0.4, 0.5) is 10.2 Å². The quantitative estimate of drug-likeness (QED) is 0.787. The van der Waals surface area contributed by atoms with Crippen LogP contribution in [0.15, 0.2) is 36.4 Å². The number of hydrogen-bond acceptors (Lipinski definition) is 5. The van der Waals surface area contributed by atoms with Gasteiger partial charge in [0.15, 0.2) is 11.0 Å². The minimum atomic E-state index is -0.202. The van der Waals surface area contributed by atoms with Crippen molar-refractivity contribution in [2.24, 2.45) is 5.92 Å². The van der Waals surface area contributed by atoms with E-state index < -0.39 is 0 Å². The maximum absolute atomic E-state index is 13.0. The van der Waals surface area contributed by atoms with Crippen molar-refractivity contribution < 1.29 is 9.18 Å². The summed E-state index contributed by atoms with van der Waals surface area (Å²) in [6, 6.07) is 10.5. The lowest BCUT2D eigenvalue weighted by Gasteiger charge is -2.35. The lowest BCUT2D eigenvalue weighted by atomic mass is 9.94. The number of anilines is 1. The molecule has 0 aliphatic carbocycles. The molecular weight excluding hydrogens is 405 g/mol. The van der Waals surface area contributed by atoms with Crippen molar-refractivity contribution in [1.29, 1.82) is 0 Å². The topological polar surface area (TPSA) is 61.4 Å². The normalized spacial score (nSPS) is 19.1. The van der Waals surface area contributed by atoms with Crippen LogP contribution in [0.25, 0.3) is 0 Å². The van der Waals surface area contributed by atoms with Crippen LogP contribution in [0, 0.1) is 11.7 Å². The summed E-state index contributed by atoms with van der Waals surface area (Å²) < 4.78 is 13.0. The van der Waals surface area contributed by atoms with Crippen LogP contribution in [-0.2, 0) is 11.3 Å². The van der Waals surface area contributed by atoms with Gasteiger partial charge in [-0.1, -0.05) is 23.7 Å². The van der Waals surface area contributed by atoms with E-state index in [9.17, 15) is 9.18 Å². The van der Waals surface area contributed by atoms with E-state index in [1.54, 1.807) is 6.07 Å². The minimum absolute atomic E-state index is 0.0544. The summed E-state index contributed by atoms with van der Waals surface area (Å²) in [7, 11) is 0. The number of rotatable bonds is 5. The Hall–Kier alpha value is -2.25. The molecule has 160 valence electrons. The van der Waals surface area contributed by atoms with Gasteiger partial charge in [-0.15, -0.1) is 10.2 Å². The Morgan fingerprint density at radius 1 is 1.00 bits per heavy atom. The fraction of sp³-hybridized carbons (Fsp3) is 0.500. The van der Waals surface area contributed by atoms with Gasteiger partial charge in [-0.2, -0.15) is 0 Å². The van der Waals surface area contributed by atoms with Gasteiger partial charge in [0.05, 0.1) is 0 Å². The Kier molecular flexibility index (Phi) is 6.79. The van der Waals surface area contributed by atoms with Crippen LogP contribution in [0.2, 0.25) is 5.15 Å². The van der Waals surface area contributed by atoms with Gasteiger partial charge in [0.1, 0.15) is 5.82 Å². The van der Waals surface area contributed by atoms with Crippen molar-refractivity contribution >= 4 is 23.3 Å². The van der Waals surface area contributed by atoms with Gasteiger partial charge in [-0.05, 0) is 55.5 Å². The van der Waals surface area contributed by atoms with Crippen LogP contribution in [-0.4, -0.2) is 53.2 Å². The van der Waals surface area contributed by atoms with Crippen molar-refractivity contribution in [3.8, 4) is 0 Å². The first kappa shape index (κ1) is 21.0. The molecule has 1 aromatic heterocycles. The third-order valence-corrected chi connectivity index (χ3v) is 6.26. The molecule has 0 spiro atoms. The Balaban J connectivity index is 1.19. The first-order valence-electron chi connectivity index (χ1n) is 10.6. The van der Waals surface area contributed by atoms with E-state index in [1.165, 1.54) is 12.1 Å². The number of halogens is 2. The molecule has 3 heterocycles. The van der Waals surface area contributed by atoms with Crippen LogP contribution in [0.5, 0.6) is 0 Å². The van der Waals surface area contributed by atoms with E-state index in [0.717, 1.165) is 69.8 Å². The molecule has 0 bridgehead atoms. The Bertz CT molecular complexity index is 832. The SMILES string of the molecule is O=C(NC1CCN(Cc2ccc(F)cc2)CC1)C1CCN(c2ccc(Cl)nn2)CC1. The van der Waals surface area contributed by atoms with Gasteiger partial charge >= 0.3 is 0 Å². The second-order valence-corrected chi connectivity index (χ2v) is 8.55. The number of amides is 1. The lowest BCUT2D eigenvalue weighted by molar-refractivity contribution is -0.126. The largest absolute Gasteiger partial charge is 0.355 e. The van der Waals surface area contributed by atoms with Crippen LogP contribution in [0.3, 0.4) is 0 Å². The molecule has 4 rings (SSSR count). The second-order valence-electron chi connectivity index (χ2n) is 8.16. The third-order valence-electron chi connectivity index (χ3n) is 6.06. The number of carbonyl (C=O) groups is 1. The lowest BCUT2D eigenvalue weighted by Crippen LogP contribution is -2.48. The van der Waals surface area contributed by atoms with Gasteiger partial charge in [0.25, 0.3) is 0 Å². The number of hydrogen-bond donors (Lipinski definition) is 1. The third kappa shape index (κ3) is 5.46. The van der Waals surface area contributed by atoms with Crippen molar-refractivity contribution in [1.82, 2.24) is 20.4 Å². The molecule has 2 aliphatic heterocycles. The number of nitrogens with one attached hydrogen (secondary N) is 1. The predicted molar refractivity (Wildman–Crippen MR) is 115 cm³/mol. The summed E-state index contributed by atoms with van der Waals surface area (Å²) in [5.74, 6) is 0.839. The van der Waals surface area contributed by atoms with Crippen molar-refractivity contribution in [3.63, 3.8) is 0 Å². The van der Waals surface area contributed by atoms with Crippen LogP contribution >= 0.6 is 11.6 Å². The van der Waals surface area contributed by atoms with Gasteiger partial charge in [0, 0.05) is 44.7 Å². The molecule has 2 aliphatic rings. The van der Waals surface area contributed by atoms with Gasteiger partial charge in [-0.3, -0.25) is 9.69 Å². The Labute approximate surface area is 181 Å². The zero-order valence-corrected chi connectivity index (χ0v) is 17.7. The number of nitrogens with zero attached hydrogens (tertiary/aromatic N) is 4. The average molecular weight is 432 g/mol. The standard InChI is InChI=1S/C22H27ClFN5O/c23-20-5-6-21(27-26-20)29-13-7-17(8-14-29)22(30)25-19-9-11-28(12-10-19)15-16-1-3-18(24)4-2-16/h1-6,17,19H,7-15H2,(H,25,30). The summed E-state index contributed by atoms with van der Waals surface area (Å²) in [6.07, 6.45) is 3.54. The molecule has 0 radical (unpaired) electrons. The van der Waals surface area contributed by atoms with Crippen molar-refractivity contribution in [3.05, 3.63) is 52.9 Å². The predicted octanol–water partition coefficient (Wildman–Crippen LogP) is 3.27. The molecule has 1 aromatic carbocycles. The highest BCUT2D eigenvalue weighted by Crippen LogP contribution is 2.23. The highest BCUT2D eigenvalue weighted by Gasteiger charge is 2.28. The molecule has 6 nitrogen and oxygen atoms in total. The number of piperidine rings is 2. The highest BCUT2D eigenvalue weighted by atomic mass is 35.5. The van der Waals surface area contributed by atoms with Crippen LogP contribution in [0.1, 0.15) is 31.2 Å². The van der Waals surface area contributed by atoms with E-state index in [0.29, 0.717) is 5.15 Å². The maximum Gasteiger partial charge on any atom is 0.223 e. The number of carbonyl (C=O) groups excluding carboxylic acids is 1. The van der Waals surface area contributed by atoms with E-state index in [1.807, 2.05) is 18.2 Å². The number of aromatic nitrogens is 2. The van der Waals surface area contributed by atoms with E-state index in [2.05, 4.69) is 25.3 Å². The van der Waals surface area contributed by atoms with E-state index >= 15 is 0 Å². The minimum Gasteiger partial charge on any atom is -0.355 e. The number of likely N-dealkylation sites (tertiary alicyclic amines) is 1. The summed E-state index contributed by atoms with van der Waals surface area (Å²) in [5, 5.41) is 11.7.